The Morgan fingerprint density at radius 3 is 2.58 bits per heavy atom. The van der Waals surface area contributed by atoms with E-state index in [9.17, 15) is 4.79 Å². The van der Waals surface area contributed by atoms with E-state index in [1.165, 1.54) is 10.9 Å². The molecular formula is C21H23ClN2O2. The zero-order chi connectivity index (χ0) is 18.7. The second kappa shape index (κ2) is 7.42. The largest absolute Gasteiger partial charge is 0.484 e. The van der Waals surface area contributed by atoms with E-state index >= 15 is 0 Å². The summed E-state index contributed by atoms with van der Waals surface area (Å²) in [5.41, 5.74) is 3.26. The Morgan fingerprint density at radius 2 is 1.85 bits per heavy atom. The van der Waals surface area contributed by atoms with Gasteiger partial charge in [-0.2, -0.15) is 0 Å². The third-order valence-corrected chi connectivity index (χ3v) is 4.73. The lowest BCUT2D eigenvalue weighted by Gasteiger charge is -2.26. The average Bonchev–Trinajstić information content (AvgIpc) is 2.96. The van der Waals surface area contributed by atoms with Crippen molar-refractivity contribution in [1.82, 2.24) is 10.3 Å². The van der Waals surface area contributed by atoms with E-state index in [2.05, 4.69) is 43.2 Å². The maximum absolute atomic E-state index is 12.2. The van der Waals surface area contributed by atoms with Crippen LogP contribution in [0.25, 0.3) is 10.9 Å². The van der Waals surface area contributed by atoms with Gasteiger partial charge in [-0.1, -0.05) is 43.6 Å². The first-order valence-corrected chi connectivity index (χ1v) is 8.97. The highest BCUT2D eigenvalue weighted by Crippen LogP contribution is 2.32. The number of amides is 1. The molecule has 0 fully saturated rings. The molecule has 0 saturated heterocycles. The van der Waals surface area contributed by atoms with Crippen LogP contribution in [0.2, 0.25) is 5.02 Å². The zero-order valence-corrected chi connectivity index (χ0v) is 16.0. The Morgan fingerprint density at radius 1 is 1.15 bits per heavy atom. The molecule has 3 aromatic rings. The van der Waals surface area contributed by atoms with Gasteiger partial charge in [-0.25, -0.2) is 0 Å². The summed E-state index contributed by atoms with van der Waals surface area (Å²) in [5.74, 6) is 0.474. The molecule has 3 rings (SSSR count). The molecule has 0 spiro atoms. The summed E-state index contributed by atoms with van der Waals surface area (Å²) >= 11 is 5.84. The fraction of sp³-hybridized carbons (Fsp3) is 0.286. The van der Waals surface area contributed by atoms with Crippen LogP contribution < -0.4 is 10.1 Å². The number of hydrogen-bond donors (Lipinski definition) is 2. The van der Waals surface area contributed by atoms with E-state index < -0.39 is 0 Å². The van der Waals surface area contributed by atoms with Crippen LogP contribution in [0.1, 0.15) is 25.1 Å². The highest BCUT2D eigenvalue weighted by atomic mass is 35.5. The van der Waals surface area contributed by atoms with Gasteiger partial charge in [0, 0.05) is 33.6 Å². The average molecular weight is 371 g/mol. The predicted molar refractivity (Wildman–Crippen MR) is 106 cm³/mol. The lowest BCUT2D eigenvalue weighted by molar-refractivity contribution is -0.123. The van der Waals surface area contributed by atoms with E-state index in [0.717, 1.165) is 11.2 Å². The molecule has 5 heteroatoms. The van der Waals surface area contributed by atoms with E-state index in [1.807, 2.05) is 12.1 Å². The fourth-order valence-electron chi connectivity index (χ4n) is 3.29. The molecule has 26 heavy (non-hydrogen) atoms. The molecule has 0 saturated carbocycles. The van der Waals surface area contributed by atoms with Crippen molar-refractivity contribution in [3.63, 3.8) is 0 Å². The molecule has 2 aromatic carbocycles. The Hall–Kier alpha value is -2.46. The van der Waals surface area contributed by atoms with Gasteiger partial charge in [0.05, 0.1) is 0 Å². The van der Waals surface area contributed by atoms with Crippen molar-refractivity contribution in [2.24, 2.45) is 0 Å². The van der Waals surface area contributed by atoms with E-state index in [0.29, 0.717) is 17.3 Å². The summed E-state index contributed by atoms with van der Waals surface area (Å²) in [6.45, 7) is 6.84. The van der Waals surface area contributed by atoms with Crippen molar-refractivity contribution in [2.45, 2.75) is 26.2 Å². The van der Waals surface area contributed by atoms with Crippen LogP contribution in [0.4, 0.5) is 0 Å². The molecule has 0 unspecified atom stereocenters. The number of ether oxygens (including phenoxy) is 1. The van der Waals surface area contributed by atoms with Crippen molar-refractivity contribution >= 4 is 28.4 Å². The van der Waals surface area contributed by atoms with Gasteiger partial charge in [0.2, 0.25) is 0 Å². The molecule has 0 aliphatic heterocycles. The number of carbonyl (C=O) groups is 1. The van der Waals surface area contributed by atoms with Gasteiger partial charge in [-0.15, -0.1) is 0 Å². The first kappa shape index (κ1) is 18.3. The van der Waals surface area contributed by atoms with Crippen molar-refractivity contribution in [3.05, 3.63) is 64.8 Å². The van der Waals surface area contributed by atoms with E-state index in [4.69, 9.17) is 16.3 Å². The molecule has 0 aliphatic rings. The summed E-state index contributed by atoms with van der Waals surface area (Å²) in [5, 5.41) is 4.81. The minimum atomic E-state index is -0.209. The molecule has 1 aromatic heterocycles. The highest BCUT2D eigenvalue weighted by Gasteiger charge is 2.27. The van der Waals surface area contributed by atoms with Crippen LogP contribution in [-0.4, -0.2) is 24.0 Å². The number of nitrogens with one attached hydrogen (secondary N) is 2. The number of benzene rings is 2. The topological polar surface area (TPSA) is 54.1 Å². The summed E-state index contributed by atoms with van der Waals surface area (Å²) in [6.07, 6.45) is 0. The lowest BCUT2D eigenvalue weighted by Crippen LogP contribution is -2.39. The number of aromatic nitrogens is 1. The standard InChI is InChI=1S/C21H23ClN2O2/c1-14-20(17-6-4-5-7-18(17)24-14)21(2,3)13-23-19(25)12-26-16-10-8-15(22)9-11-16/h4-11,24H,12-13H2,1-3H3,(H,23,25). The van der Waals surface area contributed by atoms with Gasteiger partial charge in [-0.3, -0.25) is 4.79 Å². The van der Waals surface area contributed by atoms with Crippen molar-refractivity contribution in [2.75, 3.05) is 13.2 Å². The minimum absolute atomic E-state index is 0.0232. The van der Waals surface area contributed by atoms with E-state index in [1.54, 1.807) is 24.3 Å². The van der Waals surface area contributed by atoms with Gasteiger partial charge in [0.25, 0.3) is 5.91 Å². The fourth-order valence-corrected chi connectivity index (χ4v) is 3.41. The monoisotopic (exact) mass is 370 g/mol. The number of halogens is 1. The molecule has 1 heterocycles. The SMILES string of the molecule is Cc1[nH]c2ccccc2c1C(C)(C)CNC(=O)COc1ccc(Cl)cc1. The highest BCUT2D eigenvalue weighted by molar-refractivity contribution is 6.30. The Bertz CT molecular complexity index is 913. The molecular weight excluding hydrogens is 348 g/mol. The second-order valence-corrected chi connectivity index (χ2v) is 7.51. The number of aryl methyl sites for hydroxylation is 1. The number of rotatable bonds is 6. The molecule has 0 aliphatic carbocycles. The van der Waals surface area contributed by atoms with E-state index in [-0.39, 0.29) is 17.9 Å². The molecule has 2 N–H and O–H groups in total. The van der Waals surface area contributed by atoms with Gasteiger partial charge in [0.1, 0.15) is 5.75 Å². The zero-order valence-electron chi connectivity index (χ0n) is 15.2. The predicted octanol–water partition coefficient (Wildman–Crippen LogP) is 4.60. The number of H-pyrrole nitrogens is 1. The molecule has 1 amide bonds. The van der Waals surface area contributed by atoms with Crippen LogP contribution >= 0.6 is 11.6 Å². The Labute approximate surface area is 158 Å². The summed E-state index contributed by atoms with van der Waals surface area (Å²) in [4.78, 5) is 15.6. The summed E-state index contributed by atoms with van der Waals surface area (Å²) in [6, 6.07) is 15.2. The quantitative estimate of drug-likeness (QED) is 0.666. The van der Waals surface area contributed by atoms with Crippen molar-refractivity contribution in [3.8, 4) is 5.75 Å². The third kappa shape index (κ3) is 4.02. The number of hydrogen-bond acceptors (Lipinski definition) is 2. The van der Waals surface area contributed by atoms with Crippen molar-refractivity contribution in [1.29, 1.82) is 0 Å². The first-order chi connectivity index (χ1) is 12.4. The van der Waals surface area contributed by atoms with Crippen LogP contribution in [0.15, 0.2) is 48.5 Å². The molecule has 0 radical (unpaired) electrons. The molecule has 0 atom stereocenters. The molecule has 0 bridgehead atoms. The summed E-state index contributed by atoms with van der Waals surface area (Å²) in [7, 11) is 0. The van der Waals surface area contributed by atoms with Crippen LogP contribution in [0, 0.1) is 6.92 Å². The van der Waals surface area contributed by atoms with Gasteiger partial charge >= 0.3 is 0 Å². The number of para-hydroxylation sites is 1. The van der Waals surface area contributed by atoms with Crippen LogP contribution in [0.3, 0.4) is 0 Å². The van der Waals surface area contributed by atoms with Gasteiger partial charge in [0.15, 0.2) is 6.61 Å². The van der Waals surface area contributed by atoms with Crippen LogP contribution in [0.5, 0.6) is 5.75 Å². The third-order valence-electron chi connectivity index (χ3n) is 4.48. The van der Waals surface area contributed by atoms with Gasteiger partial charge < -0.3 is 15.0 Å². The maximum atomic E-state index is 12.2. The van der Waals surface area contributed by atoms with Gasteiger partial charge in [-0.05, 0) is 42.8 Å². The molecule has 136 valence electrons. The Balaban J connectivity index is 1.63. The smallest absolute Gasteiger partial charge is 0.257 e. The first-order valence-electron chi connectivity index (χ1n) is 8.60. The number of fused-ring (bicyclic) bond motifs is 1. The second-order valence-electron chi connectivity index (χ2n) is 7.07. The molecule has 4 nitrogen and oxygen atoms in total. The normalized spacial score (nSPS) is 11.5. The van der Waals surface area contributed by atoms with Crippen molar-refractivity contribution < 1.29 is 9.53 Å². The summed E-state index contributed by atoms with van der Waals surface area (Å²) < 4.78 is 5.50. The lowest BCUT2D eigenvalue weighted by atomic mass is 9.82. The van der Waals surface area contributed by atoms with Crippen LogP contribution in [-0.2, 0) is 10.2 Å². The minimum Gasteiger partial charge on any atom is -0.484 e. The Kier molecular flexibility index (Phi) is 5.23. The number of aromatic amines is 1. The number of carbonyl (C=O) groups excluding carboxylic acids is 1. The maximum Gasteiger partial charge on any atom is 0.257 e.